The summed E-state index contributed by atoms with van der Waals surface area (Å²) < 4.78 is 21.4. The molecule has 4 atom stereocenters. The van der Waals surface area contributed by atoms with Crippen LogP contribution in [0.1, 0.15) is 0 Å². The highest BCUT2D eigenvalue weighted by atomic mass is 16.8. The zero-order valence-corrected chi connectivity index (χ0v) is 7.93. The van der Waals surface area contributed by atoms with Gasteiger partial charge in [0, 0.05) is 13.1 Å². The van der Waals surface area contributed by atoms with Gasteiger partial charge in [0.1, 0.15) is 38.0 Å². The summed E-state index contributed by atoms with van der Waals surface area (Å²) >= 11 is 0. The molecule has 2 rings (SSSR count). The van der Waals surface area contributed by atoms with Crippen molar-refractivity contribution in [2.24, 2.45) is 11.5 Å². The van der Waals surface area contributed by atoms with E-state index in [2.05, 4.69) is 0 Å². The highest BCUT2D eigenvalue weighted by Gasteiger charge is 2.43. The molecule has 2 aliphatic rings. The average molecular weight is 204 g/mol. The standard InChI is InChI=1S/C8H16N2O4/c9-1-5-7(13-3-11-5)8-6(2-10)12-4-14-8/h5-8H,1-4,9-10H2/t5-,6+,7+,8-. The van der Waals surface area contributed by atoms with Gasteiger partial charge in [0.15, 0.2) is 0 Å². The van der Waals surface area contributed by atoms with Crippen molar-refractivity contribution >= 4 is 0 Å². The van der Waals surface area contributed by atoms with Gasteiger partial charge in [-0.1, -0.05) is 0 Å². The summed E-state index contributed by atoms with van der Waals surface area (Å²) in [5, 5.41) is 0. The average Bonchev–Trinajstić information content (AvgIpc) is 2.85. The van der Waals surface area contributed by atoms with Gasteiger partial charge in [0.2, 0.25) is 0 Å². The molecule has 2 saturated heterocycles. The van der Waals surface area contributed by atoms with Crippen molar-refractivity contribution in [3.8, 4) is 0 Å². The van der Waals surface area contributed by atoms with Crippen LogP contribution in [0.25, 0.3) is 0 Å². The van der Waals surface area contributed by atoms with Gasteiger partial charge in [0.05, 0.1) is 0 Å². The lowest BCUT2D eigenvalue weighted by Crippen LogP contribution is -2.46. The first-order valence-electron chi connectivity index (χ1n) is 4.73. The van der Waals surface area contributed by atoms with Crippen LogP contribution in [0.4, 0.5) is 0 Å². The third-order valence-electron chi connectivity index (χ3n) is 2.61. The second-order valence-corrected chi connectivity index (χ2v) is 3.38. The molecule has 2 heterocycles. The van der Waals surface area contributed by atoms with Crippen molar-refractivity contribution in [1.29, 1.82) is 0 Å². The zero-order chi connectivity index (χ0) is 9.97. The summed E-state index contributed by atoms with van der Waals surface area (Å²) in [6.07, 6.45) is -0.543. The smallest absolute Gasteiger partial charge is 0.147 e. The fraction of sp³-hybridized carbons (Fsp3) is 1.00. The Labute approximate surface area is 82.4 Å². The maximum atomic E-state index is 5.55. The van der Waals surface area contributed by atoms with E-state index in [0.717, 1.165) is 0 Å². The molecule has 0 radical (unpaired) electrons. The van der Waals surface area contributed by atoms with Crippen LogP contribution in [0.15, 0.2) is 0 Å². The molecular weight excluding hydrogens is 188 g/mol. The lowest BCUT2D eigenvalue weighted by atomic mass is 10.0. The molecular formula is C8H16N2O4. The number of hydrogen-bond donors (Lipinski definition) is 2. The van der Waals surface area contributed by atoms with Crippen LogP contribution >= 0.6 is 0 Å². The number of ether oxygens (including phenoxy) is 4. The molecule has 0 unspecified atom stereocenters. The molecule has 6 heteroatoms. The molecule has 0 saturated carbocycles. The Morgan fingerprint density at radius 1 is 0.786 bits per heavy atom. The molecule has 4 N–H and O–H groups in total. The molecule has 82 valence electrons. The number of rotatable bonds is 3. The van der Waals surface area contributed by atoms with E-state index in [-0.39, 0.29) is 38.0 Å². The van der Waals surface area contributed by atoms with E-state index in [1.807, 2.05) is 0 Å². The Kier molecular flexibility index (Phi) is 3.32. The summed E-state index contributed by atoms with van der Waals surface area (Å²) in [5.74, 6) is 0. The van der Waals surface area contributed by atoms with Gasteiger partial charge in [-0.3, -0.25) is 0 Å². The minimum absolute atomic E-state index is 0.115. The van der Waals surface area contributed by atoms with Crippen LogP contribution in [-0.2, 0) is 18.9 Å². The largest absolute Gasteiger partial charge is 0.348 e. The number of hydrogen-bond acceptors (Lipinski definition) is 6. The minimum Gasteiger partial charge on any atom is -0.348 e. The summed E-state index contributed by atoms with van der Waals surface area (Å²) in [5.41, 5.74) is 11.1. The molecule has 0 amide bonds. The van der Waals surface area contributed by atoms with Crippen molar-refractivity contribution < 1.29 is 18.9 Å². The summed E-state index contributed by atoms with van der Waals surface area (Å²) in [6, 6.07) is 0. The second-order valence-electron chi connectivity index (χ2n) is 3.38. The Bertz CT molecular complexity index is 172. The predicted molar refractivity (Wildman–Crippen MR) is 47.3 cm³/mol. The Morgan fingerprint density at radius 3 is 1.57 bits per heavy atom. The second kappa shape index (κ2) is 4.52. The van der Waals surface area contributed by atoms with Gasteiger partial charge < -0.3 is 30.4 Å². The first-order chi connectivity index (χ1) is 6.86. The molecule has 0 aromatic rings. The predicted octanol–water partition coefficient (Wildman–Crippen LogP) is -1.61. The first kappa shape index (κ1) is 10.3. The van der Waals surface area contributed by atoms with Crippen LogP contribution in [0, 0.1) is 0 Å². The van der Waals surface area contributed by atoms with Crippen molar-refractivity contribution in [3.05, 3.63) is 0 Å². The lowest BCUT2D eigenvalue weighted by molar-refractivity contribution is -0.0305. The van der Waals surface area contributed by atoms with Crippen LogP contribution in [0.3, 0.4) is 0 Å². The fourth-order valence-electron chi connectivity index (χ4n) is 1.83. The first-order valence-corrected chi connectivity index (χ1v) is 4.73. The third-order valence-corrected chi connectivity index (χ3v) is 2.61. The van der Waals surface area contributed by atoms with E-state index < -0.39 is 0 Å². The third kappa shape index (κ3) is 1.77. The molecule has 6 nitrogen and oxygen atoms in total. The highest BCUT2D eigenvalue weighted by Crippen LogP contribution is 2.24. The molecule has 14 heavy (non-hydrogen) atoms. The Morgan fingerprint density at radius 2 is 1.21 bits per heavy atom. The number of nitrogens with two attached hydrogens (primary N) is 2. The Balaban J connectivity index is 1.98. The minimum atomic E-state index is -0.156. The Hall–Kier alpha value is -0.240. The van der Waals surface area contributed by atoms with Crippen LogP contribution in [-0.4, -0.2) is 51.1 Å². The van der Waals surface area contributed by atoms with Gasteiger partial charge in [-0.05, 0) is 0 Å². The molecule has 0 aliphatic carbocycles. The quantitative estimate of drug-likeness (QED) is 0.574. The molecule has 0 bridgehead atoms. The van der Waals surface area contributed by atoms with Gasteiger partial charge in [0.25, 0.3) is 0 Å². The van der Waals surface area contributed by atoms with Crippen LogP contribution in [0.5, 0.6) is 0 Å². The normalized spacial score (nSPS) is 43.3. The van der Waals surface area contributed by atoms with Crippen molar-refractivity contribution in [2.75, 3.05) is 26.7 Å². The van der Waals surface area contributed by atoms with E-state index in [4.69, 9.17) is 30.4 Å². The SMILES string of the molecule is NC[C@@H]1OCO[C@H]1[C@H]1OCO[C@@H]1CN. The summed E-state index contributed by atoms with van der Waals surface area (Å²) in [4.78, 5) is 0. The van der Waals surface area contributed by atoms with E-state index >= 15 is 0 Å². The van der Waals surface area contributed by atoms with Gasteiger partial charge in [-0.2, -0.15) is 0 Å². The van der Waals surface area contributed by atoms with Crippen molar-refractivity contribution in [3.63, 3.8) is 0 Å². The van der Waals surface area contributed by atoms with Crippen molar-refractivity contribution in [2.45, 2.75) is 24.4 Å². The molecule has 0 aromatic heterocycles. The highest BCUT2D eigenvalue weighted by molar-refractivity contribution is 4.89. The summed E-state index contributed by atoms with van der Waals surface area (Å²) in [7, 11) is 0. The maximum absolute atomic E-state index is 5.55. The summed E-state index contributed by atoms with van der Waals surface area (Å²) in [6.45, 7) is 1.37. The van der Waals surface area contributed by atoms with E-state index in [9.17, 15) is 0 Å². The monoisotopic (exact) mass is 204 g/mol. The zero-order valence-electron chi connectivity index (χ0n) is 7.93. The molecule has 0 aromatic carbocycles. The van der Waals surface area contributed by atoms with Gasteiger partial charge >= 0.3 is 0 Å². The topological polar surface area (TPSA) is 89.0 Å². The maximum Gasteiger partial charge on any atom is 0.147 e. The van der Waals surface area contributed by atoms with Crippen LogP contribution < -0.4 is 11.5 Å². The molecule has 0 spiro atoms. The van der Waals surface area contributed by atoms with Gasteiger partial charge in [-0.25, -0.2) is 0 Å². The molecule has 2 aliphatic heterocycles. The van der Waals surface area contributed by atoms with E-state index in [1.54, 1.807) is 0 Å². The van der Waals surface area contributed by atoms with E-state index in [1.165, 1.54) is 0 Å². The van der Waals surface area contributed by atoms with Gasteiger partial charge in [-0.15, -0.1) is 0 Å². The fourth-order valence-corrected chi connectivity index (χ4v) is 1.83. The lowest BCUT2D eigenvalue weighted by Gasteiger charge is -2.23. The molecule has 2 fully saturated rings. The van der Waals surface area contributed by atoms with E-state index in [0.29, 0.717) is 13.1 Å². The van der Waals surface area contributed by atoms with Crippen molar-refractivity contribution in [1.82, 2.24) is 0 Å². The van der Waals surface area contributed by atoms with Crippen LogP contribution in [0.2, 0.25) is 0 Å².